The molecule has 0 saturated carbocycles. The molecule has 0 aromatic heterocycles. The van der Waals surface area contributed by atoms with Gasteiger partial charge in [0.25, 0.3) is 0 Å². The molecule has 56 valence electrons. The average molecular weight is 140 g/mol. The first-order valence-electron chi connectivity index (χ1n) is 3.34. The number of hydrogen-bond donors (Lipinski definition) is 2. The highest BCUT2D eigenvalue weighted by molar-refractivity contribution is 5.28. The standard InChI is InChI=1S/C8H12O2/c1-5-3-4-6(2)8(10)7(5)9/h3-4,7-10H,1-2H3/t7-,8+. The van der Waals surface area contributed by atoms with Crippen LogP contribution in [0, 0.1) is 0 Å². The average Bonchev–Trinajstić information content (AvgIpc) is 1.93. The van der Waals surface area contributed by atoms with Gasteiger partial charge in [-0.1, -0.05) is 12.2 Å². The molecule has 10 heavy (non-hydrogen) atoms. The summed E-state index contributed by atoms with van der Waals surface area (Å²) in [5, 5.41) is 18.5. The quantitative estimate of drug-likeness (QED) is 0.517. The number of allylic oxidation sites excluding steroid dienone is 2. The minimum atomic E-state index is -0.704. The van der Waals surface area contributed by atoms with Crippen LogP contribution in [0.5, 0.6) is 0 Å². The summed E-state index contributed by atoms with van der Waals surface area (Å²) in [5.74, 6) is 0. The fourth-order valence-electron chi connectivity index (χ4n) is 0.958. The molecule has 0 radical (unpaired) electrons. The Morgan fingerprint density at radius 2 is 1.30 bits per heavy atom. The third kappa shape index (κ3) is 1.13. The van der Waals surface area contributed by atoms with Gasteiger partial charge in [0.15, 0.2) is 0 Å². The van der Waals surface area contributed by atoms with Crippen molar-refractivity contribution in [2.75, 3.05) is 0 Å². The van der Waals surface area contributed by atoms with Crippen LogP contribution in [0.15, 0.2) is 23.3 Å². The molecule has 2 nitrogen and oxygen atoms in total. The van der Waals surface area contributed by atoms with Crippen LogP contribution >= 0.6 is 0 Å². The Bertz CT molecular complexity index is 169. The zero-order valence-corrected chi connectivity index (χ0v) is 6.20. The molecule has 2 N–H and O–H groups in total. The normalized spacial score (nSPS) is 33.2. The molecule has 0 unspecified atom stereocenters. The zero-order chi connectivity index (χ0) is 7.72. The highest BCUT2D eigenvalue weighted by Crippen LogP contribution is 2.18. The topological polar surface area (TPSA) is 40.5 Å². The molecule has 1 aliphatic rings. The van der Waals surface area contributed by atoms with Gasteiger partial charge in [0, 0.05) is 0 Å². The third-order valence-corrected chi connectivity index (χ3v) is 1.84. The van der Waals surface area contributed by atoms with Crippen molar-refractivity contribution in [3.05, 3.63) is 23.3 Å². The lowest BCUT2D eigenvalue weighted by molar-refractivity contribution is 0.0639. The molecule has 0 aliphatic heterocycles. The van der Waals surface area contributed by atoms with E-state index in [1.807, 2.05) is 12.2 Å². The summed E-state index contributed by atoms with van der Waals surface area (Å²) in [6.45, 7) is 3.60. The molecule has 0 spiro atoms. The second kappa shape index (κ2) is 2.56. The van der Waals surface area contributed by atoms with Crippen molar-refractivity contribution in [3.8, 4) is 0 Å². The van der Waals surface area contributed by atoms with Crippen LogP contribution in [-0.4, -0.2) is 22.4 Å². The summed E-state index contributed by atoms with van der Waals surface area (Å²) in [5.41, 5.74) is 1.64. The van der Waals surface area contributed by atoms with Crippen LogP contribution < -0.4 is 0 Å². The van der Waals surface area contributed by atoms with E-state index in [2.05, 4.69) is 0 Å². The van der Waals surface area contributed by atoms with Gasteiger partial charge < -0.3 is 10.2 Å². The second-order valence-corrected chi connectivity index (χ2v) is 2.71. The van der Waals surface area contributed by atoms with E-state index in [1.165, 1.54) is 0 Å². The van der Waals surface area contributed by atoms with E-state index in [0.717, 1.165) is 11.1 Å². The van der Waals surface area contributed by atoms with Gasteiger partial charge in [-0.05, 0) is 25.0 Å². The van der Waals surface area contributed by atoms with Crippen molar-refractivity contribution in [1.29, 1.82) is 0 Å². The molecule has 2 heteroatoms. The maximum atomic E-state index is 9.26. The first kappa shape index (κ1) is 7.51. The summed E-state index contributed by atoms with van der Waals surface area (Å²) >= 11 is 0. The maximum Gasteiger partial charge on any atom is 0.105 e. The number of aliphatic hydroxyl groups is 2. The fraction of sp³-hybridized carbons (Fsp3) is 0.500. The Labute approximate surface area is 60.5 Å². The van der Waals surface area contributed by atoms with Crippen LogP contribution in [0.25, 0.3) is 0 Å². The van der Waals surface area contributed by atoms with Gasteiger partial charge in [0.05, 0.1) is 0 Å². The number of aliphatic hydroxyl groups excluding tert-OH is 2. The Morgan fingerprint density at radius 3 is 1.60 bits per heavy atom. The molecule has 0 saturated heterocycles. The van der Waals surface area contributed by atoms with Crippen molar-refractivity contribution >= 4 is 0 Å². The molecule has 2 atom stereocenters. The van der Waals surface area contributed by atoms with E-state index in [-0.39, 0.29) is 0 Å². The summed E-state index contributed by atoms with van der Waals surface area (Å²) in [6, 6.07) is 0. The van der Waals surface area contributed by atoms with Gasteiger partial charge >= 0.3 is 0 Å². The lowest BCUT2D eigenvalue weighted by atomic mass is 9.95. The summed E-state index contributed by atoms with van der Waals surface area (Å²) < 4.78 is 0. The van der Waals surface area contributed by atoms with Crippen LogP contribution in [-0.2, 0) is 0 Å². The molecule has 0 bridgehead atoms. The monoisotopic (exact) mass is 140 g/mol. The van der Waals surface area contributed by atoms with Crippen LogP contribution in [0.2, 0.25) is 0 Å². The number of hydrogen-bond acceptors (Lipinski definition) is 2. The minimum absolute atomic E-state index is 0.704. The van der Waals surface area contributed by atoms with Crippen LogP contribution in [0.4, 0.5) is 0 Å². The van der Waals surface area contributed by atoms with Crippen molar-refractivity contribution < 1.29 is 10.2 Å². The smallest absolute Gasteiger partial charge is 0.105 e. The SMILES string of the molecule is CC1=CC=C(C)[C@H](O)[C@@H]1O. The van der Waals surface area contributed by atoms with Crippen LogP contribution in [0.1, 0.15) is 13.8 Å². The molecule has 0 aromatic rings. The van der Waals surface area contributed by atoms with E-state index < -0.39 is 12.2 Å². The van der Waals surface area contributed by atoms with Gasteiger partial charge in [-0.2, -0.15) is 0 Å². The molecule has 1 rings (SSSR count). The van der Waals surface area contributed by atoms with Gasteiger partial charge in [-0.3, -0.25) is 0 Å². The van der Waals surface area contributed by atoms with E-state index in [1.54, 1.807) is 13.8 Å². The largest absolute Gasteiger partial charge is 0.386 e. The molecule has 0 aromatic carbocycles. The predicted molar refractivity (Wildman–Crippen MR) is 39.5 cm³/mol. The fourth-order valence-corrected chi connectivity index (χ4v) is 0.958. The molecule has 0 heterocycles. The minimum Gasteiger partial charge on any atom is -0.386 e. The third-order valence-electron chi connectivity index (χ3n) is 1.84. The van der Waals surface area contributed by atoms with E-state index in [9.17, 15) is 10.2 Å². The Hall–Kier alpha value is -0.600. The Morgan fingerprint density at radius 1 is 1.00 bits per heavy atom. The molecule has 0 fully saturated rings. The van der Waals surface area contributed by atoms with Gasteiger partial charge in [-0.15, -0.1) is 0 Å². The predicted octanol–water partition coefficient (Wildman–Crippen LogP) is 0.614. The number of rotatable bonds is 0. The van der Waals surface area contributed by atoms with Gasteiger partial charge in [0.1, 0.15) is 12.2 Å². The molecular weight excluding hydrogens is 128 g/mol. The van der Waals surface area contributed by atoms with E-state index >= 15 is 0 Å². The zero-order valence-electron chi connectivity index (χ0n) is 6.20. The summed E-state index contributed by atoms with van der Waals surface area (Å²) in [7, 11) is 0. The van der Waals surface area contributed by atoms with Gasteiger partial charge in [0.2, 0.25) is 0 Å². The Balaban J connectivity index is 2.86. The molecular formula is C8H12O2. The lowest BCUT2D eigenvalue weighted by Crippen LogP contribution is -2.29. The van der Waals surface area contributed by atoms with Crippen molar-refractivity contribution in [2.45, 2.75) is 26.1 Å². The van der Waals surface area contributed by atoms with Gasteiger partial charge in [-0.25, -0.2) is 0 Å². The first-order valence-corrected chi connectivity index (χ1v) is 3.34. The molecule has 1 aliphatic carbocycles. The maximum absolute atomic E-state index is 9.26. The lowest BCUT2D eigenvalue weighted by Gasteiger charge is -2.22. The first-order chi connectivity index (χ1) is 4.63. The van der Waals surface area contributed by atoms with Crippen molar-refractivity contribution in [1.82, 2.24) is 0 Å². The van der Waals surface area contributed by atoms with Crippen molar-refractivity contribution in [2.24, 2.45) is 0 Å². The summed E-state index contributed by atoms with van der Waals surface area (Å²) in [6.07, 6.45) is 2.24. The summed E-state index contributed by atoms with van der Waals surface area (Å²) in [4.78, 5) is 0. The van der Waals surface area contributed by atoms with Crippen molar-refractivity contribution in [3.63, 3.8) is 0 Å². The second-order valence-electron chi connectivity index (χ2n) is 2.71. The highest BCUT2D eigenvalue weighted by atomic mass is 16.3. The highest BCUT2D eigenvalue weighted by Gasteiger charge is 2.21. The van der Waals surface area contributed by atoms with Crippen LogP contribution in [0.3, 0.4) is 0 Å². The van der Waals surface area contributed by atoms with E-state index in [4.69, 9.17) is 0 Å². The Kier molecular flexibility index (Phi) is 1.92. The van der Waals surface area contributed by atoms with E-state index in [0.29, 0.717) is 0 Å². The molecule has 0 amide bonds.